The molecule has 0 unspecified atom stereocenters. The molecule has 0 saturated carbocycles. The van der Waals surface area contributed by atoms with E-state index in [4.69, 9.17) is 0 Å². The van der Waals surface area contributed by atoms with Crippen molar-refractivity contribution in [3.8, 4) is 0 Å². The van der Waals surface area contributed by atoms with Gasteiger partial charge in [0.15, 0.2) is 0 Å². The Labute approximate surface area is 121 Å². The lowest BCUT2D eigenvalue weighted by Gasteiger charge is -2.09. The van der Waals surface area contributed by atoms with E-state index < -0.39 is 0 Å². The third-order valence-corrected chi connectivity index (χ3v) is 3.82. The maximum absolute atomic E-state index is 3.37. The molecule has 0 saturated heterocycles. The molecule has 1 radical (unpaired) electrons. The monoisotopic (exact) mass is 259 g/mol. The normalized spacial score (nSPS) is 11.2. The van der Waals surface area contributed by atoms with E-state index >= 15 is 0 Å². The van der Waals surface area contributed by atoms with Crippen molar-refractivity contribution in [2.75, 3.05) is 0 Å². The first-order valence-electron chi connectivity index (χ1n) is 7.21. The van der Waals surface area contributed by atoms with Gasteiger partial charge in [0.25, 0.3) is 0 Å². The van der Waals surface area contributed by atoms with Gasteiger partial charge in [0.2, 0.25) is 0 Å². The van der Waals surface area contributed by atoms with E-state index in [1.807, 2.05) is 12.1 Å². The molecule has 0 nitrogen and oxygen atoms in total. The number of hydrogen-bond donors (Lipinski definition) is 0. The highest BCUT2D eigenvalue weighted by atomic mass is 14.1. The Kier molecular flexibility index (Phi) is 3.56. The van der Waals surface area contributed by atoms with Crippen molar-refractivity contribution < 1.29 is 0 Å². The van der Waals surface area contributed by atoms with Gasteiger partial charge in [0.1, 0.15) is 0 Å². The summed E-state index contributed by atoms with van der Waals surface area (Å²) in [5.74, 6) is 0.593. The Bertz CT molecular complexity index is 700. The zero-order chi connectivity index (χ0) is 13.9. The van der Waals surface area contributed by atoms with E-state index in [0.717, 1.165) is 6.42 Å². The fourth-order valence-corrected chi connectivity index (χ4v) is 2.61. The molecule has 3 aromatic carbocycles. The summed E-state index contributed by atoms with van der Waals surface area (Å²) in [6.07, 6.45) is 0.968. The molecule has 3 aromatic rings. The Morgan fingerprint density at radius 3 is 2.40 bits per heavy atom. The van der Waals surface area contributed by atoms with Crippen LogP contribution in [0.1, 0.15) is 36.5 Å². The Hall–Kier alpha value is -2.08. The highest BCUT2D eigenvalue weighted by molar-refractivity contribution is 5.85. The van der Waals surface area contributed by atoms with Crippen LogP contribution < -0.4 is 0 Å². The summed E-state index contributed by atoms with van der Waals surface area (Å²) in [4.78, 5) is 0. The van der Waals surface area contributed by atoms with Crippen LogP contribution in [-0.4, -0.2) is 0 Å². The molecular formula is C20H19. The van der Waals surface area contributed by atoms with Gasteiger partial charge in [-0.15, -0.1) is 0 Å². The molecule has 0 N–H and O–H groups in total. The van der Waals surface area contributed by atoms with E-state index in [-0.39, 0.29) is 0 Å². The van der Waals surface area contributed by atoms with E-state index in [1.165, 1.54) is 27.5 Å². The molecule has 0 aliphatic rings. The Balaban J connectivity index is 1.93. The molecule has 0 heterocycles. The molecule has 99 valence electrons. The average molecular weight is 259 g/mol. The summed E-state index contributed by atoms with van der Waals surface area (Å²) in [7, 11) is 0. The smallest absolute Gasteiger partial charge is 0.00194 e. The van der Waals surface area contributed by atoms with Gasteiger partial charge in [0, 0.05) is 0 Å². The van der Waals surface area contributed by atoms with Crippen molar-refractivity contribution in [2.45, 2.75) is 26.2 Å². The summed E-state index contributed by atoms with van der Waals surface area (Å²) in [6.45, 7) is 4.46. The molecule has 0 spiro atoms. The Morgan fingerprint density at radius 1 is 0.900 bits per heavy atom. The second-order valence-corrected chi connectivity index (χ2v) is 5.62. The first-order chi connectivity index (χ1) is 9.74. The average Bonchev–Trinajstić information content (AvgIpc) is 2.48. The second kappa shape index (κ2) is 5.50. The fraction of sp³-hybridized carbons (Fsp3) is 0.200. The maximum atomic E-state index is 3.37. The van der Waals surface area contributed by atoms with Crippen LogP contribution in [-0.2, 0) is 6.42 Å². The van der Waals surface area contributed by atoms with Gasteiger partial charge in [-0.3, -0.25) is 0 Å². The van der Waals surface area contributed by atoms with Crippen molar-refractivity contribution in [1.82, 2.24) is 0 Å². The van der Waals surface area contributed by atoms with Crippen molar-refractivity contribution in [3.05, 3.63) is 83.4 Å². The molecule has 0 atom stereocenters. The van der Waals surface area contributed by atoms with Crippen LogP contribution in [0.4, 0.5) is 0 Å². The lowest BCUT2D eigenvalue weighted by Crippen LogP contribution is -1.92. The highest BCUT2D eigenvalue weighted by Crippen LogP contribution is 2.22. The van der Waals surface area contributed by atoms with Crippen molar-refractivity contribution >= 4 is 10.8 Å². The van der Waals surface area contributed by atoms with Crippen LogP contribution in [0.25, 0.3) is 10.8 Å². The van der Waals surface area contributed by atoms with E-state index in [1.54, 1.807) is 0 Å². The predicted molar refractivity (Wildman–Crippen MR) is 86.1 cm³/mol. The second-order valence-electron chi connectivity index (χ2n) is 5.62. The lowest BCUT2D eigenvalue weighted by molar-refractivity contribution is 0.865. The molecule has 0 aromatic heterocycles. The van der Waals surface area contributed by atoms with Gasteiger partial charge in [-0.05, 0) is 45.9 Å². The number of hydrogen-bond acceptors (Lipinski definition) is 0. The van der Waals surface area contributed by atoms with Crippen LogP contribution in [0, 0.1) is 6.07 Å². The van der Waals surface area contributed by atoms with Gasteiger partial charge < -0.3 is 0 Å². The van der Waals surface area contributed by atoms with Gasteiger partial charge in [-0.25, -0.2) is 0 Å². The molecule has 0 bridgehead atoms. The number of rotatable bonds is 3. The standard InChI is InChI=1S/C20H19/c1-15(2)17-12-10-16(11-13-17)14-19-8-5-7-18-6-3-4-9-20(18)19/h3-8,10-13,15H,14H2,1-2H3. The minimum Gasteiger partial charge on any atom is -0.0613 e. The molecule has 0 fully saturated rings. The van der Waals surface area contributed by atoms with Crippen molar-refractivity contribution in [1.29, 1.82) is 0 Å². The third-order valence-electron chi connectivity index (χ3n) is 3.82. The van der Waals surface area contributed by atoms with Crippen LogP contribution in [0.3, 0.4) is 0 Å². The zero-order valence-electron chi connectivity index (χ0n) is 12.1. The highest BCUT2D eigenvalue weighted by Gasteiger charge is 2.03. The van der Waals surface area contributed by atoms with E-state index in [0.29, 0.717) is 5.92 Å². The van der Waals surface area contributed by atoms with Gasteiger partial charge in [-0.2, -0.15) is 0 Å². The number of benzene rings is 3. The Morgan fingerprint density at radius 2 is 1.65 bits per heavy atom. The summed E-state index contributed by atoms with van der Waals surface area (Å²) in [5.41, 5.74) is 4.11. The van der Waals surface area contributed by atoms with Gasteiger partial charge >= 0.3 is 0 Å². The molecule has 3 rings (SSSR count). The molecule has 0 aliphatic heterocycles. The lowest BCUT2D eigenvalue weighted by atomic mass is 9.96. The zero-order valence-corrected chi connectivity index (χ0v) is 12.1. The quantitative estimate of drug-likeness (QED) is 0.594. The first kappa shape index (κ1) is 12.9. The van der Waals surface area contributed by atoms with Crippen LogP contribution in [0.15, 0.2) is 60.7 Å². The van der Waals surface area contributed by atoms with Crippen molar-refractivity contribution in [2.24, 2.45) is 0 Å². The topological polar surface area (TPSA) is 0 Å². The maximum Gasteiger partial charge on any atom is -0.00194 e. The van der Waals surface area contributed by atoms with Crippen LogP contribution in [0.2, 0.25) is 0 Å². The van der Waals surface area contributed by atoms with Crippen LogP contribution >= 0.6 is 0 Å². The molecule has 0 heteroatoms. The van der Waals surface area contributed by atoms with E-state index in [9.17, 15) is 0 Å². The largest absolute Gasteiger partial charge is 0.0613 e. The number of fused-ring (bicyclic) bond motifs is 1. The fourth-order valence-electron chi connectivity index (χ4n) is 2.61. The van der Waals surface area contributed by atoms with E-state index in [2.05, 4.69) is 68.4 Å². The summed E-state index contributed by atoms with van der Waals surface area (Å²) < 4.78 is 0. The summed E-state index contributed by atoms with van der Waals surface area (Å²) >= 11 is 0. The molecule has 0 aliphatic carbocycles. The predicted octanol–water partition coefficient (Wildman–Crippen LogP) is 5.35. The van der Waals surface area contributed by atoms with Gasteiger partial charge in [-0.1, -0.05) is 74.5 Å². The molecule has 0 amide bonds. The third kappa shape index (κ3) is 2.60. The summed E-state index contributed by atoms with van der Waals surface area (Å²) in [5, 5.41) is 2.51. The SMILES string of the molecule is CC(C)c1ccc(Cc2cccc3ccc[c]c23)cc1. The first-order valence-corrected chi connectivity index (χ1v) is 7.21. The minimum atomic E-state index is 0.593. The van der Waals surface area contributed by atoms with Crippen LogP contribution in [0.5, 0.6) is 0 Å². The minimum absolute atomic E-state index is 0.593. The summed E-state index contributed by atoms with van der Waals surface area (Å²) in [6, 6.07) is 25.0. The molecular weight excluding hydrogens is 240 g/mol. The molecule has 20 heavy (non-hydrogen) atoms. The van der Waals surface area contributed by atoms with Crippen molar-refractivity contribution in [3.63, 3.8) is 0 Å². The van der Waals surface area contributed by atoms with Gasteiger partial charge in [0.05, 0.1) is 0 Å².